The van der Waals surface area contributed by atoms with E-state index in [0.29, 0.717) is 59.5 Å². The number of nitrogens with zero attached hydrogens (tertiary/aromatic N) is 2. The van der Waals surface area contributed by atoms with E-state index in [4.69, 9.17) is 62.3 Å². The molecule has 31 heavy (non-hydrogen) atoms. The molecular weight excluding hydrogens is 480 g/mol. The van der Waals surface area contributed by atoms with E-state index in [9.17, 15) is 0 Å². The lowest BCUT2D eigenvalue weighted by atomic mass is 10.1. The second kappa shape index (κ2) is 8.55. The van der Waals surface area contributed by atoms with E-state index in [0.717, 1.165) is 0 Å². The highest BCUT2D eigenvalue weighted by Gasteiger charge is 2.19. The van der Waals surface area contributed by atoms with Crippen LogP contribution in [0.4, 0.5) is 5.69 Å². The number of pyridine rings is 1. The topological polar surface area (TPSA) is 101 Å². The zero-order valence-corrected chi connectivity index (χ0v) is 19.0. The summed E-state index contributed by atoms with van der Waals surface area (Å²) in [5.74, 6) is 0.818. The highest BCUT2D eigenvalue weighted by Crippen LogP contribution is 2.33. The summed E-state index contributed by atoms with van der Waals surface area (Å²) in [5, 5.41) is 10.2. The molecule has 0 fully saturated rings. The number of imidazole rings is 1. The largest absolute Gasteiger partial charge is 0.486 e. The maximum atomic E-state index is 8.62. The van der Waals surface area contributed by atoms with Gasteiger partial charge in [0.2, 0.25) is 0 Å². The van der Waals surface area contributed by atoms with Gasteiger partial charge >= 0.3 is 0 Å². The van der Waals surface area contributed by atoms with Gasteiger partial charge in [0.1, 0.15) is 17.6 Å². The van der Waals surface area contributed by atoms with E-state index in [-0.39, 0.29) is 5.71 Å². The van der Waals surface area contributed by atoms with Crippen molar-refractivity contribution in [3.8, 4) is 5.75 Å². The minimum absolute atomic E-state index is 0.0963. The quantitative estimate of drug-likeness (QED) is 0.212. The Balaban J connectivity index is 1.65. The Bertz CT molecular complexity index is 1260. The first-order valence-corrected chi connectivity index (χ1v) is 10.5. The Hall–Kier alpha value is -2.51. The van der Waals surface area contributed by atoms with Gasteiger partial charge in [0, 0.05) is 29.2 Å². The van der Waals surface area contributed by atoms with Gasteiger partial charge in [0.15, 0.2) is 5.82 Å². The van der Waals surface area contributed by atoms with Crippen LogP contribution in [0.15, 0.2) is 42.7 Å². The molecule has 0 amide bonds. The van der Waals surface area contributed by atoms with Crippen LogP contribution in [0.5, 0.6) is 5.75 Å². The van der Waals surface area contributed by atoms with Crippen molar-refractivity contribution in [1.82, 2.24) is 15.0 Å². The molecule has 10 heteroatoms. The molecule has 158 valence electrons. The second-order valence-corrected chi connectivity index (χ2v) is 8.40. The van der Waals surface area contributed by atoms with Gasteiger partial charge in [-0.25, -0.2) is 4.98 Å². The number of ether oxygens (including phenoxy) is 1. The fraction of sp³-hybridized carbons (Fsp3) is 0.0952. The van der Waals surface area contributed by atoms with E-state index in [1.807, 2.05) is 6.92 Å². The number of hydrogen-bond acceptors (Lipinski definition) is 5. The van der Waals surface area contributed by atoms with Crippen LogP contribution in [0.1, 0.15) is 30.0 Å². The van der Waals surface area contributed by atoms with E-state index in [1.54, 1.807) is 30.3 Å². The number of aromatic nitrogens is 3. The Morgan fingerprint density at radius 1 is 1.03 bits per heavy atom. The van der Waals surface area contributed by atoms with Gasteiger partial charge in [0.05, 0.1) is 31.1 Å². The average molecular weight is 495 g/mol. The number of fused-ring (bicyclic) bond motifs is 1. The Morgan fingerprint density at radius 3 is 2.42 bits per heavy atom. The van der Waals surface area contributed by atoms with Crippen molar-refractivity contribution in [3.05, 3.63) is 79.8 Å². The molecule has 0 bridgehead atoms. The van der Waals surface area contributed by atoms with Gasteiger partial charge in [-0.3, -0.25) is 10.4 Å². The molecule has 2 heterocycles. The number of benzene rings is 2. The van der Waals surface area contributed by atoms with E-state index in [2.05, 4.69) is 15.0 Å². The third-order valence-corrected chi connectivity index (χ3v) is 5.99. The number of nitrogen functional groups attached to an aromatic ring is 1. The van der Waals surface area contributed by atoms with Crippen LogP contribution < -0.4 is 10.5 Å². The Labute approximate surface area is 197 Å². The summed E-state index contributed by atoms with van der Waals surface area (Å²) in [6.45, 7) is 1.82. The van der Waals surface area contributed by atoms with Crippen molar-refractivity contribution in [2.45, 2.75) is 13.0 Å². The fourth-order valence-corrected chi connectivity index (χ4v) is 4.14. The third kappa shape index (κ3) is 4.29. The molecule has 0 radical (unpaired) electrons. The molecule has 4 aromatic rings. The van der Waals surface area contributed by atoms with Crippen LogP contribution in [0.2, 0.25) is 20.1 Å². The normalized spacial score (nSPS) is 12.2. The molecular formula is C21H15Cl4N5O. The summed E-state index contributed by atoms with van der Waals surface area (Å²) >= 11 is 24.6. The zero-order valence-electron chi connectivity index (χ0n) is 16.0. The van der Waals surface area contributed by atoms with Crippen molar-refractivity contribution in [1.29, 1.82) is 5.41 Å². The highest BCUT2D eigenvalue weighted by atomic mass is 35.5. The number of H-pyrrole nitrogens is 1. The van der Waals surface area contributed by atoms with Gasteiger partial charge in [-0.1, -0.05) is 46.4 Å². The van der Waals surface area contributed by atoms with Crippen molar-refractivity contribution in [2.24, 2.45) is 0 Å². The molecule has 0 aliphatic heterocycles. The van der Waals surface area contributed by atoms with Crippen molar-refractivity contribution in [3.63, 3.8) is 0 Å². The molecule has 6 nitrogen and oxygen atoms in total. The summed E-state index contributed by atoms with van der Waals surface area (Å²) in [6, 6.07) is 8.35. The molecule has 2 aromatic carbocycles. The molecule has 0 saturated heterocycles. The smallest absolute Gasteiger partial charge is 0.157 e. The molecule has 2 aromatic heterocycles. The molecule has 1 atom stereocenters. The molecule has 4 N–H and O–H groups in total. The predicted molar refractivity (Wildman–Crippen MR) is 126 cm³/mol. The van der Waals surface area contributed by atoms with Crippen molar-refractivity contribution < 1.29 is 4.74 Å². The Morgan fingerprint density at radius 2 is 1.71 bits per heavy atom. The second-order valence-electron chi connectivity index (χ2n) is 6.77. The fourth-order valence-electron chi connectivity index (χ4n) is 3.15. The van der Waals surface area contributed by atoms with Gasteiger partial charge in [-0.05, 0) is 37.3 Å². The maximum absolute atomic E-state index is 8.62. The van der Waals surface area contributed by atoms with Crippen LogP contribution in [-0.2, 0) is 0 Å². The van der Waals surface area contributed by atoms with Crippen LogP contribution in [-0.4, -0.2) is 20.7 Å². The Kier molecular flexibility index (Phi) is 5.99. The van der Waals surface area contributed by atoms with E-state index in [1.165, 1.54) is 12.4 Å². The van der Waals surface area contributed by atoms with Gasteiger partial charge in [-0.2, -0.15) is 0 Å². The first-order chi connectivity index (χ1) is 14.7. The number of nitrogens with two attached hydrogens (primary N) is 1. The predicted octanol–water partition coefficient (Wildman–Crippen LogP) is 6.71. The first kappa shape index (κ1) is 21.7. The molecule has 0 aliphatic carbocycles. The summed E-state index contributed by atoms with van der Waals surface area (Å²) in [5.41, 5.74) is 8.96. The monoisotopic (exact) mass is 493 g/mol. The molecule has 4 rings (SSSR count). The summed E-state index contributed by atoms with van der Waals surface area (Å²) in [6.07, 6.45) is 2.56. The number of hydrogen-bond donors (Lipinski definition) is 3. The van der Waals surface area contributed by atoms with Crippen LogP contribution in [0, 0.1) is 5.41 Å². The zero-order chi connectivity index (χ0) is 22.3. The lowest BCUT2D eigenvalue weighted by Crippen LogP contribution is -2.09. The lowest BCUT2D eigenvalue weighted by molar-refractivity contribution is 0.227. The number of anilines is 1. The minimum atomic E-state index is -0.454. The number of aromatic amines is 1. The summed E-state index contributed by atoms with van der Waals surface area (Å²) in [4.78, 5) is 11.5. The van der Waals surface area contributed by atoms with Gasteiger partial charge in [0.25, 0.3) is 0 Å². The van der Waals surface area contributed by atoms with Gasteiger partial charge in [-0.15, -0.1) is 0 Å². The first-order valence-electron chi connectivity index (χ1n) is 9.03. The summed E-state index contributed by atoms with van der Waals surface area (Å²) < 4.78 is 6.02. The molecule has 1 unspecified atom stereocenters. The molecule has 0 saturated carbocycles. The number of nitrogens with one attached hydrogen (secondary N) is 2. The molecule has 0 aliphatic rings. The number of rotatable bonds is 5. The third-order valence-electron chi connectivity index (χ3n) is 4.66. The standard InChI is InChI=1S/C21H15Cl4N5O/c1-9(19-14(24)7-28-8-15(19)25)31-10-2-3-16(26)11(4-10)20(27)21-29-17-5-12(22)13(23)6-18(17)30-21/h2-9,27H,26H2,1H3,(H,29,30). The minimum Gasteiger partial charge on any atom is -0.486 e. The highest BCUT2D eigenvalue weighted by molar-refractivity contribution is 6.42. The summed E-state index contributed by atoms with van der Waals surface area (Å²) in [7, 11) is 0. The van der Waals surface area contributed by atoms with Crippen molar-refractivity contribution >= 4 is 68.8 Å². The maximum Gasteiger partial charge on any atom is 0.157 e. The number of halogens is 4. The van der Waals surface area contributed by atoms with E-state index >= 15 is 0 Å². The van der Waals surface area contributed by atoms with Gasteiger partial charge < -0.3 is 15.5 Å². The van der Waals surface area contributed by atoms with E-state index < -0.39 is 6.10 Å². The van der Waals surface area contributed by atoms with Crippen LogP contribution in [0.3, 0.4) is 0 Å². The SMILES string of the molecule is CC(Oc1ccc(N)c(C(=N)c2nc3cc(Cl)c(Cl)cc3[nH]2)c1)c1c(Cl)cncc1Cl. The molecule has 0 spiro atoms. The average Bonchev–Trinajstić information content (AvgIpc) is 3.12. The van der Waals surface area contributed by atoms with Crippen LogP contribution in [0.25, 0.3) is 11.0 Å². The van der Waals surface area contributed by atoms with Crippen molar-refractivity contribution in [2.75, 3.05) is 5.73 Å². The lowest BCUT2D eigenvalue weighted by Gasteiger charge is -2.18. The van der Waals surface area contributed by atoms with Crippen LogP contribution >= 0.6 is 46.4 Å².